The van der Waals surface area contributed by atoms with Crippen molar-refractivity contribution in [2.45, 2.75) is 6.42 Å². The fraction of sp³-hybridized carbons (Fsp3) is 0.167. The van der Waals surface area contributed by atoms with Crippen LogP contribution in [0.25, 0.3) is 0 Å². The number of oxime groups is 1. The average Bonchev–Trinajstić information content (AvgIpc) is 2.34. The minimum absolute atomic E-state index is 0.730. The first-order valence-electron chi connectivity index (χ1n) is 2.62. The van der Waals surface area contributed by atoms with Crippen molar-refractivity contribution in [1.82, 2.24) is 0 Å². The van der Waals surface area contributed by atoms with E-state index in [9.17, 15) is 0 Å². The summed E-state index contributed by atoms with van der Waals surface area (Å²) in [5.41, 5.74) is 0. The van der Waals surface area contributed by atoms with Crippen LogP contribution < -0.4 is 0 Å². The second kappa shape index (κ2) is 3.25. The van der Waals surface area contributed by atoms with E-state index in [0.717, 1.165) is 6.42 Å². The predicted octanol–water partition coefficient (Wildman–Crippen LogP) is 1.75. The van der Waals surface area contributed by atoms with Crippen LogP contribution in [0.3, 0.4) is 0 Å². The topological polar surface area (TPSA) is 32.6 Å². The van der Waals surface area contributed by atoms with Gasteiger partial charge in [0.25, 0.3) is 0 Å². The van der Waals surface area contributed by atoms with Crippen LogP contribution in [0, 0.1) is 0 Å². The zero-order valence-corrected chi connectivity index (χ0v) is 5.64. The van der Waals surface area contributed by atoms with E-state index >= 15 is 0 Å². The van der Waals surface area contributed by atoms with E-state index < -0.39 is 0 Å². The summed E-state index contributed by atoms with van der Waals surface area (Å²) in [5.74, 6) is 0. The highest BCUT2D eigenvalue weighted by atomic mass is 32.1. The van der Waals surface area contributed by atoms with Crippen molar-refractivity contribution in [3.05, 3.63) is 22.4 Å². The van der Waals surface area contributed by atoms with Gasteiger partial charge in [0.15, 0.2) is 0 Å². The molecule has 0 saturated carbocycles. The van der Waals surface area contributed by atoms with Gasteiger partial charge in [0.2, 0.25) is 0 Å². The summed E-state index contributed by atoms with van der Waals surface area (Å²) in [7, 11) is 0. The maximum absolute atomic E-state index is 8.04. The molecule has 3 heteroatoms. The van der Waals surface area contributed by atoms with Gasteiger partial charge in [-0.1, -0.05) is 6.07 Å². The van der Waals surface area contributed by atoms with Gasteiger partial charge < -0.3 is 5.21 Å². The number of hydrogen-bond donors (Lipinski definition) is 1. The SMILES string of the molecule is O/N=C/Cc1cccs1. The summed E-state index contributed by atoms with van der Waals surface area (Å²) in [6.45, 7) is 0. The summed E-state index contributed by atoms with van der Waals surface area (Å²) < 4.78 is 0. The molecule has 0 bridgehead atoms. The van der Waals surface area contributed by atoms with Crippen LogP contribution in [0.1, 0.15) is 4.88 Å². The molecule has 0 fully saturated rings. The van der Waals surface area contributed by atoms with Crippen LogP contribution in [0.4, 0.5) is 0 Å². The largest absolute Gasteiger partial charge is 0.411 e. The molecule has 0 aromatic carbocycles. The molecule has 0 radical (unpaired) electrons. The van der Waals surface area contributed by atoms with Crippen LogP contribution in [-0.4, -0.2) is 11.4 Å². The van der Waals surface area contributed by atoms with Gasteiger partial charge >= 0.3 is 0 Å². The second-order valence-electron chi connectivity index (χ2n) is 1.58. The van der Waals surface area contributed by atoms with Crippen molar-refractivity contribution in [1.29, 1.82) is 0 Å². The van der Waals surface area contributed by atoms with Gasteiger partial charge in [-0.25, -0.2) is 0 Å². The average molecular weight is 141 g/mol. The summed E-state index contributed by atoms with van der Waals surface area (Å²) in [6, 6.07) is 3.98. The number of hydrogen-bond acceptors (Lipinski definition) is 3. The van der Waals surface area contributed by atoms with Crippen molar-refractivity contribution in [2.75, 3.05) is 0 Å². The number of rotatable bonds is 2. The Morgan fingerprint density at radius 2 is 2.67 bits per heavy atom. The highest BCUT2D eigenvalue weighted by molar-refractivity contribution is 7.10. The maximum atomic E-state index is 8.04. The maximum Gasteiger partial charge on any atom is 0.0487 e. The lowest BCUT2D eigenvalue weighted by Gasteiger charge is -1.81. The molecule has 0 aliphatic carbocycles. The van der Waals surface area contributed by atoms with E-state index in [1.165, 1.54) is 11.1 Å². The molecular formula is C6H7NOS. The fourth-order valence-corrected chi connectivity index (χ4v) is 1.22. The Hall–Kier alpha value is -0.830. The lowest BCUT2D eigenvalue weighted by atomic mass is 10.4. The zero-order chi connectivity index (χ0) is 6.53. The molecule has 48 valence electrons. The first-order chi connectivity index (χ1) is 4.43. The molecule has 1 heterocycles. The van der Waals surface area contributed by atoms with Crippen LogP contribution >= 0.6 is 11.3 Å². The van der Waals surface area contributed by atoms with Crippen LogP contribution in [0.5, 0.6) is 0 Å². The Balaban J connectivity index is 2.48. The highest BCUT2D eigenvalue weighted by Gasteiger charge is 1.87. The Kier molecular flexibility index (Phi) is 2.27. The van der Waals surface area contributed by atoms with E-state index in [2.05, 4.69) is 5.16 Å². The van der Waals surface area contributed by atoms with Gasteiger partial charge in [0, 0.05) is 17.5 Å². The third kappa shape index (κ3) is 1.85. The zero-order valence-electron chi connectivity index (χ0n) is 4.82. The van der Waals surface area contributed by atoms with E-state index in [-0.39, 0.29) is 0 Å². The molecule has 0 amide bonds. The molecule has 0 aliphatic rings. The van der Waals surface area contributed by atoms with E-state index in [1.807, 2.05) is 17.5 Å². The lowest BCUT2D eigenvalue weighted by molar-refractivity contribution is 0.321. The van der Waals surface area contributed by atoms with E-state index in [0.29, 0.717) is 0 Å². The molecule has 1 aromatic rings. The number of thiophene rings is 1. The molecule has 0 atom stereocenters. The van der Waals surface area contributed by atoms with Gasteiger partial charge in [0.1, 0.15) is 0 Å². The minimum atomic E-state index is 0.730. The Morgan fingerprint density at radius 3 is 3.22 bits per heavy atom. The van der Waals surface area contributed by atoms with Gasteiger partial charge in [-0.3, -0.25) is 0 Å². The molecule has 0 spiro atoms. The predicted molar refractivity (Wildman–Crippen MR) is 38.3 cm³/mol. The molecule has 1 rings (SSSR count). The van der Waals surface area contributed by atoms with Crippen molar-refractivity contribution in [3.63, 3.8) is 0 Å². The van der Waals surface area contributed by atoms with Gasteiger partial charge in [0.05, 0.1) is 0 Å². The molecule has 2 nitrogen and oxygen atoms in total. The normalized spacial score (nSPS) is 10.7. The monoisotopic (exact) mass is 141 g/mol. The lowest BCUT2D eigenvalue weighted by Crippen LogP contribution is -1.78. The molecule has 1 N–H and O–H groups in total. The summed E-state index contributed by atoms with van der Waals surface area (Å²) >= 11 is 1.66. The van der Waals surface area contributed by atoms with E-state index in [4.69, 9.17) is 5.21 Å². The molecule has 0 unspecified atom stereocenters. The first kappa shape index (κ1) is 6.29. The quantitative estimate of drug-likeness (QED) is 0.380. The second-order valence-corrected chi connectivity index (χ2v) is 2.61. The smallest absolute Gasteiger partial charge is 0.0487 e. The van der Waals surface area contributed by atoms with Gasteiger partial charge in [-0.15, -0.1) is 16.5 Å². The fourth-order valence-electron chi connectivity index (χ4n) is 0.560. The highest BCUT2D eigenvalue weighted by Crippen LogP contribution is 2.07. The Labute approximate surface area is 57.4 Å². The molecule has 1 aromatic heterocycles. The summed E-state index contributed by atoms with van der Waals surface area (Å²) in [6.07, 6.45) is 2.21. The third-order valence-corrected chi connectivity index (χ3v) is 1.85. The Morgan fingerprint density at radius 1 is 1.78 bits per heavy atom. The third-order valence-electron chi connectivity index (χ3n) is 0.954. The Bertz CT molecular complexity index is 181. The van der Waals surface area contributed by atoms with E-state index in [1.54, 1.807) is 11.3 Å². The molecule has 0 saturated heterocycles. The summed E-state index contributed by atoms with van der Waals surface area (Å²) in [4.78, 5) is 1.22. The van der Waals surface area contributed by atoms with Crippen molar-refractivity contribution < 1.29 is 5.21 Å². The standard InChI is InChI=1S/C6H7NOS/c8-7-4-3-6-2-1-5-9-6/h1-2,4-5,8H,3H2/b7-4+. The van der Waals surface area contributed by atoms with Crippen molar-refractivity contribution in [3.8, 4) is 0 Å². The molecule has 0 aliphatic heterocycles. The molecular weight excluding hydrogens is 134 g/mol. The van der Waals surface area contributed by atoms with Gasteiger partial charge in [-0.05, 0) is 11.4 Å². The number of nitrogens with zero attached hydrogens (tertiary/aromatic N) is 1. The minimum Gasteiger partial charge on any atom is -0.411 e. The van der Waals surface area contributed by atoms with Crippen LogP contribution in [-0.2, 0) is 6.42 Å². The van der Waals surface area contributed by atoms with Crippen molar-refractivity contribution in [2.24, 2.45) is 5.16 Å². The van der Waals surface area contributed by atoms with Crippen LogP contribution in [0.2, 0.25) is 0 Å². The van der Waals surface area contributed by atoms with Gasteiger partial charge in [-0.2, -0.15) is 0 Å². The first-order valence-corrected chi connectivity index (χ1v) is 3.49. The van der Waals surface area contributed by atoms with Crippen LogP contribution in [0.15, 0.2) is 22.7 Å². The summed E-state index contributed by atoms with van der Waals surface area (Å²) in [5, 5.41) is 12.9. The molecule has 9 heavy (non-hydrogen) atoms. The van der Waals surface area contributed by atoms with Crippen molar-refractivity contribution >= 4 is 17.6 Å².